The Balaban J connectivity index is 6.95. The van der Waals surface area contributed by atoms with E-state index in [2.05, 4.69) is 78.6 Å². The summed E-state index contributed by atoms with van der Waals surface area (Å²) in [5.74, 6) is 0. The van der Waals surface area contributed by atoms with E-state index < -0.39 is 38.8 Å². The Bertz CT molecular complexity index is 376. The van der Waals surface area contributed by atoms with Gasteiger partial charge in [-0.1, -0.05) is 98.9 Å². The van der Waals surface area contributed by atoms with Crippen molar-refractivity contribution in [2.45, 2.75) is 78.6 Å². The summed E-state index contributed by atoms with van der Waals surface area (Å²) in [6.45, 7) is 29.5. The van der Waals surface area contributed by atoms with E-state index in [1.807, 2.05) is 9.08 Å². The van der Waals surface area contributed by atoms with Crippen LogP contribution in [-0.2, 0) is 0 Å². The molecule has 0 spiro atoms. The molecule has 0 aromatic heterocycles. The summed E-state index contributed by atoms with van der Waals surface area (Å²) in [6.07, 6.45) is 0. The molecule has 0 N–H and O–H groups in total. The molecule has 0 aliphatic carbocycles. The zero-order valence-corrected chi connectivity index (χ0v) is 21.5. The summed E-state index contributed by atoms with van der Waals surface area (Å²) in [4.78, 5) is 0. The fourth-order valence-electron chi connectivity index (χ4n) is 3.54. The fourth-order valence-corrected chi connectivity index (χ4v) is 43.0. The number of hydrogen-bond acceptors (Lipinski definition) is 0. The molecule has 0 unspecified atom stereocenters. The van der Waals surface area contributed by atoms with E-state index >= 15 is 0 Å². The van der Waals surface area contributed by atoms with E-state index in [4.69, 9.17) is 11.2 Å². The highest BCUT2D eigenvalue weighted by molar-refractivity contribution is 7.97. The van der Waals surface area contributed by atoms with Crippen LogP contribution in [0.2, 0.25) is 78.6 Å². The maximum Gasteiger partial charge on any atom is 0.0741 e. The van der Waals surface area contributed by atoms with Crippen molar-refractivity contribution < 1.29 is 0 Å². The second-order valence-electron chi connectivity index (χ2n) is 9.98. The molecule has 20 heavy (non-hydrogen) atoms. The van der Waals surface area contributed by atoms with Gasteiger partial charge >= 0.3 is 0 Å². The van der Waals surface area contributed by atoms with E-state index in [1.165, 1.54) is 0 Å². The highest BCUT2D eigenvalue weighted by Crippen LogP contribution is 2.36. The first-order chi connectivity index (χ1) is 8.40. The number of hydrogen-bond donors (Lipinski definition) is 0. The molecule has 120 valence electrons. The van der Waals surface area contributed by atoms with Crippen molar-refractivity contribution in [2.24, 2.45) is 0 Å². The van der Waals surface area contributed by atoms with E-state index in [9.17, 15) is 0 Å². The minimum Gasteiger partial charge on any atom is -0.0659 e. The van der Waals surface area contributed by atoms with Gasteiger partial charge in [-0.2, -0.15) is 0 Å². The molecule has 0 saturated carbocycles. The lowest BCUT2D eigenvalue weighted by Gasteiger charge is -2.36. The van der Waals surface area contributed by atoms with Crippen LogP contribution in [0, 0.1) is 0 Å². The Morgan fingerprint density at radius 3 is 0.750 bits per heavy atom. The van der Waals surface area contributed by atoms with Gasteiger partial charge in [0.1, 0.15) is 0 Å². The minimum atomic E-state index is -1.31. The molecule has 0 saturated heterocycles. The molecule has 0 aromatic carbocycles. The van der Waals surface area contributed by atoms with Gasteiger partial charge in [-0.15, -0.1) is 0 Å². The Hall–Kier alpha value is 1.20. The van der Waals surface area contributed by atoms with Gasteiger partial charge in [0.05, 0.1) is 32.3 Å². The summed E-state index contributed by atoms with van der Waals surface area (Å²) in [5, 5.41) is 0. The molecule has 0 fully saturated rings. The largest absolute Gasteiger partial charge is 0.0741 e. The van der Waals surface area contributed by atoms with Gasteiger partial charge in [0.25, 0.3) is 0 Å². The van der Waals surface area contributed by atoms with Crippen LogP contribution in [0.3, 0.4) is 0 Å². The SMILES string of the molecule is C[Si](C)(C)C(=P(Cl)=C([Si](C)(C)C)[Si](C)(C)C)[Si](C)(C)C. The van der Waals surface area contributed by atoms with Crippen LogP contribution in [0.1, 0.15) is 0 Å². The molecule has 0 nitrogen and oxygen atoms in total. The normalized spacial score (nSPS) is 14.2. The van der Waals surface area contributed by atoms with E-state index in [0.717, 1.165) is 0 Å². The third-order valence-corrected chi connectivity index (χ3v) is 32.2. The lowest BCUT2D eigenvalue weighted by atomic mass is 11.7. The zero-order valence-electron chi connectivity index (χ0n) is 15.8. The molecule has 6 heteroatoms. The summed E-state index contributed by atoms with van der Waals surface area (Å²) < 4.78 is 3.70. The van der Waals surface area contributed by atoms with Gasteiger partial charge in [-0.3, -0.25) is 0 Å². The van der Waals surface area contributed by atoms with Crippen molar-refractivity contribution in [1.29, 1.82) is 0 Å². The van der Waals surface area contributed by atoms with Crippen LogP contribution in [0.15, 0.2) is 0 Å². The average Bonchev–Trinajstić information content (AvgIpc) is 1.88. The topological polar surface area (TPSA) is 0 Å². The smallest absolute Gasteiger partial charge is 0.0659 e. The van der Waals surface area contributed by atoms with Gasteiger partial charge < -0.3 is 0 Å². The molecule has 0 rings (SSSR count). The standard InChI is InChI=1S/C14H36ClPSi4/c1-17(2,3)13(18(4,5)6)16(15)14(19(7,8)9)20(10,11)12/h1-12H3. The van der Waals surface area contributed by atoms with Crippen molar-refractivity contribution in [1.82, 2.24) is 0 Å². The van der Waals surface area contributed by atoms with E-state index in [1.54, 1.807) is 0 Å². The van der Waals surface area contributed by atoms with Crippen molar-refractivity contribution in [2.75, 3.05) is 0 Å². The van der Waals surface area contributed by atoms with Crippen molar-refractivity contribution in [3.05, 3.63) is 0 Å². The molecule has 0 heterocycles. The van der Waals surface area contributed by atoms with E-state index in [-0.39, 0.29) is 0 Å². The fraction of sp³-hybridized carbons (Fsp3) is 0.857. The Labute approximate surface area is 137 Å². The molecule has 0 aliphatic heterocycles. The van der Waals surface area contributed by atoms with Crippen LogP contribution in [0.25, 0.3) is 0 Å². The quantitative estimate of drug-likeness (QED) is 0.385. The molecule has 0 radical (unpaired) electrons. The predicted octanol–water partition coefficient (Wildman–Crippen LogP) is 6.48. The summed E-state index contributed by atoms with van der Waals surface area (Å²) in [5.41, 5.74) is 0. The van der Waals surface area contributed by atoms with Crippen LogP contribution in [-0.4, -0.2) is 41.4 Å². The second-order valence-corrected chi connectivity index (χ2v) is 35.1. The first-order valence-corrected chi connectivity index (χ1v) is 23.9. The van der Waals surface area contributed by atoms with Gasteiger partial charge in [-0.25, -0.2) is 0 Å². The molecule has 0 atom stereocenters. The minimum absolute atomic E-state index is 0.507. The first kappa shape index (κ1) is 21.2. The first-order valence-electron chi connectivity index (χ1n) is 7.62. The van der Waals surface area contributed by atoms with E-state index in [0.29, 0.717) is 0 Å². The van der Waals surface area contributed by atoms with Crippen LogP contribution in [0.4, 0.5) is 0 Å². The Kier molecular flexibility index (Phi) is 6.75. The maximum absolute atomic E-state index is 7.28. The highest BCUT2D eigenvalue weighted by atomic mass is 35.7. The molecule has 0 amide bonds. The highest BCUT2D eigenvalue weighted by Gasteiger charge is 2.37. The van der Waals surface area contributed by atoms with Crippen molar-refractivity contribution in [3.8, 4) is 0 Å². The van der Waals surface area contributed by atoms with Crippen molar-refractivity contribution >= 4 is 59.1 Å². The van der Waals surface area contributed by atoms with Gasteiger partial charge in [-0.05, 0) is 6.52 Å². The third-order valence-electron chi connectivity index (χ3n) is 3.23. The predicted molar refractivity (Wildman–Crippen MR) is 116 cm³/mol. The number of rotatable bonds is 4. The van der Waals surface area contributed by atoms with Gasteiger partial charge in [0.15, 0.2) is 0 Å². The average molecular weight is 383 g/mol. The molecular weight excluding hydrogens is 347 g/mol. The second kappa shape index (κ2) is 6.37. The molecule has 0 aromatic rings. The van der Waals surface area contributed by atoms with Crippen LogP contribution >= 0.6 is 17.8 Å². The molecule has 0 aliphatic rings. The summed E-state index contributed by atoms with van der Waals surface area (Å²) in [6, 6.07) is 0. The lowest BCUT2D eigenvalue weighted by molar-refractivity contribution is 1.79. The molecule has 0 bridgehead atoms. The third kappa shape index (κ3) is 5.77. The summed E-state index contributed by atoms with van der Waals surface area (Å²) in [7, 11) is -5.23. The number of halogens is 1. The summed E-state index contributed by atoms with van der Waals surface area (Å²) >= 11 is 7.28. The van der Waals surface area contributed by atoms with Crippen LogP contribution in [0.5, 0.6) is 0 Å². The van der Waals surface area contributed by atoms with Gasteiger partial charge in [0.2, 0.25) is 0 Å². The lowest BCUT2D eigenvalue weighted by Crippen LogP contribution is -2.52. The monoisotopic (exact) mass is 382 g/mol. The molecular formula is C14H36ClPSi4. The zero-order chi connectivity index (χ0) is 16.7. The van der Waals surface area contributed by atoms with Crippen molar-refractivity contribution in [3.63, 3.8) is 0 Å². The Morgan fingerprint density at radius 1 is 0.500 bits per heavy atom. The maximum atomic E-state index is 7.28. The Morgan fingerprint density at radius 2 is 0.650 bits per heavy atom. The van der Waals surface area contributed by atoms with Gasteiger partial charge in [0, 0.05) is 0 Å². The van der Waals surface area contributed by atoms with Crippen LogP contribution < -0.4 is 0 Å².